The average molecular weight is 483 g/mol. The molecular formula is C25H27ClN4O2S. The standard InChI is InChI=1S/C25H27ClN4O2S/c26-19-5-7-21(8-6-19)32-14-2-11-29-12-9-18(10-13-29)16-28-25(31)22-15-20-17-27-23-3-1-4-24(33-22)30(20)23/h1,3-8,15,17-18H,2,9-14,16H2,(H,28,31). The number of amides is 1. The number of nitrogens with one attached hydrogen (secondary N) is 1. The van der Waals surface area contributed by atoms with Crippen molar-refractivity contribution >= 4 is 41.0 Å². The fourth-order valence-corrected chi connectivity index (χ4v) is 5.48. The number of nitrogens with zero attached hydrogens (tertiary/aromatic N) is 3. The van der Waals surface area contributed by atoms with Crippen molar-refractivity contribution in [3.63, 3.8) is 0 Å². The highest BCUT2D eigenvalue weighted by molar-refractivity contribution is 8.04. The van der Waals surface area contributed by atoms with E-state index in [4.69, 9.17) is 16.3 Å². The highest BCUT2D eigenvalue weighted by Crippen LogP contribution is 2.34. The fraction of sp³-hybridized carbons (Fsp3) is 0.360. The van der Waals surface area contributed by atoms with Gasteiger partial charge in [0.05, 0.1) is 28.4 Å². The molecular weight excluding hydrogens is 456 g/mol. The van der Waals surface area contributed by atoms with E-state index in [2.05, 4.69) is 19.6 Å². The molecule has 4 heterocycles. The van der Waals surface area contributed by atoms with Crippen LogP contribution in [-0.2, 0) is 4.79 Å². The molecule has 0 aliphatic carbocycles. The maximum absolute atomic E-state index is 12.8. The van der Waals surface area contributed by atoms with Gasteiger partial charge in [0.15, 0.2) is 0 Å². The van der Waals surface area contributed by atoms with Gasteiger partial charge in [0.2, 0.25) is 0 Å². The number of carbonyl (C=O) groups excluding carboxylic acids is 1. The van der Waals surface area contributed by atoms with Crippen LogP contribution < -0.4 is 10.1 Å². The lowest BCUT2D eigenvalue weighted by Gasteiger charge is -2.32. The first-order chi connectivity index (χ1) is 16.2. The SMILES string of the molecule is O=C(NCC1CCN(CCCOc2ccc(Cl)cc2)CC1)C1=Cc2cnc3cccc(n23)S1. The Hall–Kier alpha value is -2.48. The van der Waals surface area contributed by atoms with Crippen LogP contribution in [0.3, 0.4) is 0 Å². The summed E-state index contributed by atoms with van der Waals surface area (Å²) in [4.78, 5) is 20.4. The second-order valence-electron chi connectivity index (χ2n) is 8.50. The van der Waals surface area contributed by atoms with Crippen LogP contribution in [0.2, 0.25) is 5.02 Å². The Bertz CT molecular complexity index is 1150. The number of pyridine rings is 1. The van der Waals surface area contributed by atoms with E-state index < -0.39 is 0 Å². The minimum atomic E-state index is 0.00577. The quantitative estimate of drug-likeness (QED) is 0.470. The normalized spacial score (nSPS) is 16.6. The van der Waals surface area contributed by atoms with Crippen LogP contribution in [0, 0.1) is 5.92 Å². The van der Waals surface area contributed by atoms with E-state index >= 15 is 0 Å². The molecule has 1 fully saturated rings. The van der Waals surface area contributed by atoms with Crippen molar-refractivity contribution in [1.29, 1.82) is 0 Å². The molecule has 0 bridgehead atoms. The van der Waals surface area contributed by atoms with Gasteiger partial charge >= 0.3 is 0 Å². The van der Waals surface area contributed by atoms with Gasteiger partial charge in [-0.1, -0.05) is 29.4 Å². The number of thioether (sulfide) groups is 1. The van der Waals surface area contributed by atoms with Gasteiger partial charge in [-0.15, -0.1) is 0 Å². The smallest absolute Gasteiger partial charge is 0.258 e. The monoisotopic (exact) mass is 482 g/mol. The van der Waals surface area contributed by atoms with E-state index in [0.29, 0.717) is 12.5 Å². The van der Waals surface area contributed by atoms with E-state index in [1.165, 1.54) is 11.8 Å². The lowest BCUT2D eigenvalue weighted by molar-refractivity contribution is -0.117. The second-order valence-corrected chi connectivity index (χ2v) is 10.0. The highest BCUT2D eigenvalue weighted by atomic mass is 35.5. The molecule has 1 N–H and O–H groups in total. The number of piperidine rings is 1. The molecule has 1 amide bonds. The molecule has 5 rings (SSSR count). The molecule has 6 nitrogen and oxygen atoms in total. The molecule has 0 spiro atoms. The highest BCUT2D eigenvalue weighted by Gasteiger charge is 2.23. The maximum Gasteiger partial charge on any atom is 0.258 e. The van der Waals surface area contributed by atoms with Crippen molar-refractivity contribution in [3.8, 4) is 5.75 Å². The molecule has 2 aromatic heterocycles. The first-order valence-electron chi connectivity index (χ1n) is 11.4. The Morgan fingerprint density at radius 2 is 2.00 bits per heavy atom. The van der Waals surface area contributed by atoms with Crippen molar-refractivity contribution in [1.82, 2.24) is 19.6 Å². The predicted molar refractivity (Wildman–Crippen MR) is 133 cm³/mol. The van der Waals surface area contributed by atoms with Crippen LogP contribution in [0.1, 0.15) is 25.0 Å². The van der Waals surface area contributed by atoms with E-state index in [9.17, 15) is 4.79 Å². The molecule has 2 aliphatic rings. The van der Waals surface area contributed by atoms with Crippen LogP contribution in [-0.4, -0.2) is 53.0 Å². The summed E-state index contributed by atoms with van der Waals surface area (Å²) >= 11 is 7.41. The number of halogens is 1. The van der Waals surface area contributed by atoms with E-state index in [0.717, 1.165) is 77.5 Å². The summed E-state index contributed by atoms with van der Waals surface area (Å²) in [5.41, 5.74) is 1.87. The molecule has 3 aromatic rings. The second kappa shape index (κ2) is 10.2. The molecule has 0 radical (unpaired) electrons. The molecule has 0 unspecified atom stereocenters. The van der Waals surface area contributed by atoms with Crippen LogP contribution in [0.25, 0.3) is 11.7 Å². The first kappa shape index (κ1) is 22.3. The molecule has 33 heavy (non-hydrogen) atoms. The largest absolute Gasteiger partial charge is 0.494 e. The van der Waals surface area contributed by atoms with Crippen LogP contribution in [0.15, 0.2) is 58.6 Å². The third-order valence-corrected chi connectivity index (χ3v) is 7.50. The maximum atomic E-state index is 12.8. The van der Waals surface area contributed by atoms with Crippen LogP contribution in [0.4, 0.5) is 0 Å². The summed E-state index contributed by atoms with van der Waals surface area (Å²) in [5, 5.41) is 4.91. The summed E-state index contributed by atoms with van der Waals surface area (Å²) in [5.74, 6) is 1.39. The summed E-state index contributed by atoms with van der Waals surface area (Å²) in [6.45, 7) is 4.61. The molecule has 0 atom stereocenters. The van der Waals surface area contributed by atoms with Crippen molar-refractivity contribution in [2.75, 3.05) is 32.8 Å². The lowest BCUT2D eigenvalue weighted by Crippen LogP contribution is -2.39. The van der Waals surface area contributed by atoms with Crippen molar-refractivity contribution in [2.45, 2.75) is 24.3 Å². The van der Waals surface area contributed by atoms with Gasteiger partial charge in [0.25, 0.3) is 5.91 Å². The van der Waals surface area contributed by atoms with Gasteiger partial charge in [-0.05, 0) is 80.7 Å². The van der Waals surface area contributed by atoms with Gasteiger partial charge in [-0.3, -0.25) is 9.20 Å². The zero-order valence-electron chi connectivity index (χ0n) is 18.4. The predicted octanol–water partition coefficient (Wildman–Crippen LogP) is 4.73. The summed E-state index contributed by atoms with van der Waals surface area (Å²) in [6.07, 6.45) is 6.97. The van der Waals surface area contributed by atoms with Crippen molar-refractivity contribution < 1.29 is 9.53 Å². The number of imidazole rings is 1. The Balaban J connectivity index is 1.02. The van der Waals surface area contributed by atoms with Crippen LogP contribution in [0.5, 0.6) is 5.75 Å². The molecule has 1 saturated heterocycles. The Morgan fingerprint density at radius 3 is 2.82 bits per heavy atom. The van der Waals surface area contributed by atoms with E-state index in [1.807, 2.05) is 54.7 Å². The molecule has 2 aliphatic heterocycles. The zero-order chi connectivity index (χ0) is 22.6. The number of rotatable bonds is 8. The van der Waals surface area contributed by atoms with Gasteiger partial charge in [-0.2, -0.15) is 0 Å². The number of aromatic nitrogens is 2. The average Bonchev–Trinajstić information content (AvgIpc) is 3.26. The van der Waals surface area contributed by atoms with Gasteiger partial charge < -0.3 is 15.0 Å². The fourth-order valence-electron chi connectivity index (χ4n) is 4.35. The first-order valence-corrected chi connectivity index (χ1v) is 12.6. The van der Waals surface area contributed by atoms with Gasteiger partial charge in [-0.25, -0.2) is 4.98 Å². The number of benzene rings is 1. The van der Waals surface area contributed by atoms with Gasteiger partial charge in [0, 0.05) is 18.1 Å². The summed E-state index contributed by atoms with van der Waals surface area (Å²) < 4.78 is 7.87. The Labute approximate surface area is 203 Å². The molecule has 172 valence electrons. The number of hydrogen-bond donors (Lipinski definition) is 1. The van der Waals surface area contributed by atoms with Gasteiger partial charge in [0.1, 0.15) is 11.4 Å². The topological polar surface area (TPSA) is 58.9 Å². The van der Waals surface area contributed by atoms with Crippen molar-refractivity contribution in [2.24, 2.45) is 5.92 Å². The Kier molecular flexibility index (Phi) is 6.90. The Morgan fingerprint density at radius 1 is 1.18 bits per heavy atom. The van der Waals surface area contributed by atoms with E-state index in [-0.39, 0.29) is 5.91 Å². The van der Waals surface area contributed by atoms with E-state index in [1.54, 1.807) is 0 Å². The summed E-state index contributed by atoms with van der Waals surface area (Å²) in [7, 11) is 0. The molecule has 1 aromatic carbocycles. The third kappa shape index (κ3) is 5.37. The number of carbonyl (C=O) groups is 1. The number of ether oxygens (including phenoxy) is 1. The third-order valence-electron chi connectivity index (χ3n) is 6.20. The lowest BCUT2D eigenvalue weighted by atomic mass is 9.96. The minimum absolute atomic E-state index is 0.00577. The number of hydrogen-bond acceptors (Lipinski definition) is 5. The van der Waals surface area contributed by atoms with Crippen molar-refractivity contribution in [3.05, 3.63) is 64.3 Å². The molecule has 0 saturated carbocycles. The van der Waals surface area contributed by atoms with Crippen LogP contribution >= 0.6 is 23.4 Å². The molecule has 8 heteroatoms. The zero-order valence-corrected chi connectivity index (χ0v) is 19.9. The minimum Gasteiger partial charge on any atom is -0.494 e. The summed E-state index contributed by atoms with van der Waals surface area (Å²) in [6, 6.07) is 13.5. The number of likely N-dealkylation sites (tertiary alicyclic amines) is 1.